The van der Waals surface area contributed by atoms with Gasteiger partial charge in [-0.1, -0.05) is 138 Å². The van der Waals surface area contributed by atoms with E-state index in [1.54, 1.807) is 82.6 Å². The Morgan fingerprint density at radius 2 is 0.773 bits per heavy atom. The first-order chi connectivity index (χ1) is 38.7. The van der Waals surface area contributed by atoms with Gasteiger partial charge in [-0.25, -0.2) is 0 Å². The Hall–Kier alpha value is -7.82. The van der Waals surface area contributed by atoms with Crippen LogP contribution in [0.3, 0.4) is 0 Å². The number of fused-ring (bicyclic) bond motifs is 12. The van der Waals surface area contributed by atoms with Crippen molar-refractivity contribution in [3.63, 3.8) is 0 Å². The predicted octanol–water partition coefficient (Wildman–Crippen LogP) is 17.5. The number of para-hydroxylation sites is 4. The minimum atomic E-state index is -0.784. The molecule has 0 aliphatic carbocycles. The van der Waals surface area contributed by atoms with Crippen LogP contribution in [0.4, 0.5) is 34.1 Å². The first kappa shape index (κ1) is 25.6. The zero-order chi connectivity index (χ0) is 58.6. The lowest BCUT2D eigenvalue weighted by Crippen LogP contribution is -2.11. The van der Waals surface area contributed by atoms with Gasteiger partial charge in [0.2, 0.25) is 0 Å². The molecule has 0 aliphatic heterocycles. The van der Waals surface area contributed by atoms with Gasteiger partial charge in [0, 0.05) is 65.8 Å². The van der Waals surface area contributed by atoms with Crippen molar-refractivity contribution in [1.29, 1.82) is 0 Å². The van der Waals surface area contributed by atoms with Crippen LogP contribution < -0.4 is 9.80 Å². The molecule has 0 radical (unpaired) electrons. The number of nitrogens with zero attached hydrogens (tertiary/aromatic N) is 4. The monoisotopic (exact) mass is 867 g/mol. The molecular weight excluding hydrogens is 801 g/mol. The van der Waals surface area contributed by atoms with Crippen LogP contribution in [-0.4, -0.2) is 8.80 Å². The summed E-state index contributed by atoms with van der Waals surface area (Å²) in [5, 5.41) is 4.14. The Morgan fingerprint density at radius 3 is 1.15 bits per heavy atom. The summed E-state index contributed by atoms with van der Waals surface area (Å²) in [5.41, 5.74) is 3.20. The van der Waals surface area contributed by atoms with Crippen molar-refractivity contribution >= 4 is 110 Å². The fraction of sp³-hybridized carbons (Fsp3) is 0.129. The van der Waals surface area contributed by atoms with Crippen LogP contribution in [0.15, 0.2) is 194 Å². The molecule has 13 aromatic rings. The summed E-state index contributed by atoms with van der Waals surface area (Å²) in [4.78, 5) is 3.22. The van der Waals surface area contributed by atoms with Gasteiger partial charge in [0.15, 0.2) is 0 Å². The molecule has 0 bridgehead atoms. The summed E-state index contributed by atoms with van der Waals surface area (Å²) < 4.78 is 153. The molecule has 0 unspecified atom stereocenters. The van der Waals surface area contributed by atoms with E-state index in [0.29, 0.717) is 99.0 Å². The number of aromatic nitrogens is 2. The predicted molar refractivity (Wildman–Crippen MR) is 283 cm³/mol. The van der Waals surface area contributed by atoms with Gasteiger partial charge in [0.1, 0.15) is 0 Å². The standard InChI is InChI=1S/C62H50N4/c1-61(2,3)39-27-31-51-49(35-39)57-53(63(41-19-11-7-12-20-41)42-21-13-8-14-22-42)33-29-45-47-38-56-48(37-55(47)65(51)59(45)57)46-30-34-54(64(43-23-15-9-16-24-43)44-25-17-10-18-26-44)58-50-36-40(62(4,5)6)28-32-52(50)66(56)60(46)58/h7-38H,1-6H3/i7D,9D,11D,12D,15D,16D,19D,20D,23D,24D,27D,28D,31D,32D,35D,36D. The lowest BCUT2D eigenvalue weighted by molar-refractivity contribution is 0.591. The third-order valence-corrected chi connectivity index (χ3v) is 12.9. The van der Waals surface area contributed by atoms with E-state index >= 15 is 0 Å². The van der Waals surface area contributed by atoms with Crippen molar-refractivity contribution < 1.29 is 21.9 Å². The average Bonchev–Trinajstić information content (AvgIpc) is 2.96. The summed E-state index contributed by atoms with van der Waals surface area (Å²) >= 11 is 0. The second-order valence-electron chi connectivity index (χ2n) is 19.0. The van der Waals surface area contributed by atoms with Crippen molar-refractivity contribution in [3.05, 3.63) is 205 Å². The molecule has 9 aromatic carbocycles. The fourth-order valence-corrected chi connectivity index (χ4v) is 9.90. The third kappa shape index (κ3) is 5.51. The molecule has 4 heterocycles. The summed E-state index contributed by atoms with van der Waals surface area (Å²) in [5.74, 6) is 0. The van der Waals surface area contributed by atoms with Gasteiger partial charge < -0.3 is 18.6 Å². The van der Waals surface area contributed by atoms with Crippen LogP contribution in [0, 0.1) is 0 Å². The lowest BCUT2D eigenvalue weighted by Gasteiger charge is -2.26. The summed E-state index contributed by atoms with van der Waals surface area (Å²) in [6, 6.07) is 23.4. The van der Waals surface area contributed by atoms with Gasteiger partial charge in [-0.2, -0.15) is 0 Å². The fourth-order valence-electron chi connectivity index (χ4n) is 9.90. The molecule has 0 spiro atoms. The van der Waals surface area contributed by atoms with Gasteiger partial charge >= 0.3 is 0 Å². The van der Waals surface area contributed by atoms with Crippen LogP contribution in [0.5, 0.6) is 0 Å². The van der Waals surface area contributed by atoms with Gasteiger partial charge in [-0.15, -0.1) is 0 Å². The molecule has 4 heteroatoms. The smallest absolute Gasteiger partial charge is 0.0645 e. The van der Waals surface area contributed by atoms with E-state index in [9.17, 15) is 13.7 Å². The van der Waals surface area contributed by atoms with Crippen molar-refractivity contribution in [2.75, 3.05) is 9.80 Å². The van der Waals surface area contributed by atoms with Gasteiger partial charge in [-0.3, -0.25) is 0 Å². The number of hydrogen-bond acceptors (Lipinski definition) is 2. The molecular formula is C62H50N4. The van der Waals surface area contributed by atoms with Gasteiger partial charge in [-0.05, 0) is 119 Å². The lowest BCUT2D eigenvalue weighted by atomic mass is 9.86. The van der Waals surface area contributed by atoms with Crippen molar-refractivity contribution in [2.24, 2.45) is 0 Å². The van der Waals surface area contributed by atoms with Crippen LogP contribution >= 0.6 is 0 Å². The highest BCUT2D eigenvalue weighted by atomic mass is 15.2. The molecule has 0 fully saturated rings. The maximum atomic E-state index is 10.1. The maximum Gasteiger partial charge on any atom is 0.0645 e. The van der Waals surface area contributed by atoms with Crippen LogP contribution in [0.1, 0.15) is 74.6 Å². The Bertz CT molecular complexity index is 4590. The number of rotatable bonds is 6. The highest BCUT2D eigenvalue weighted by molar-refractivity contribution is 6.32. The zero-order valence-corrected chi connectivity index (χ0v) is 37.0. The zero-order valence-electron chi connectivity index (χ0n) is 53.0. The Kier molecular flexibility index (Phi) is 5.37. The minimum Gasteiger partial charge on any atom is -0.310 e. The highest BCUT2D eigenvalue weighted by Gasteiger charge is 2.29. The molecule has 13 rings (SSSR count). The first-order valence-electron chi connectivity index (χ1n) is 30.0. The van der Waals surface area contributed by atoms with E-state index in [1.807, 2.05) is 74.6 Å². The van der Waals surface area contributed by atoms with Gasteiger partial charge in [0.25, 0.3) is 0 Å². The molecule has 4 aromatic heterocycles. The second-order valence-corrected chi connectivity index (χ2v) is 19.0. The minimum absolute atomic E-state index is 0.00104. The summed E-state index contributed by atoms with van der Waals surface area (Å²) in [7, 11) is 0. The van der Waals surface area contributed by atoms with E-state index in [1.165, 1.54) is 0 Å². The van der Waals surface area contributed by atoms with Gasteiger partial charge in [0.05, 0.1) is 66.4 Å². The Balaban J connectivity index is 1.24. The quantitative estimate of drug-likeness (QED) is 0.165. The SMILES string of the molecule is [2H]c1c([2H])c([2H])c(N(c2ccccc2)c2ccc3c4cc5c(cc4n4c6c([2H])c([2H])c(C(C)(C)C)c([2H])c6c2c34)c2ccc(N(c3ccccc3)c3c([2H])c([2H])c([2H])c([2H])c3[2H])c3c4c([2H])c(C(C)(C)C)c([2H])c([2H])c4n5c23)c([2H])c1[2H]. The van der Waals surface area contributed by atoms with Crippen LogP contribution in [0.25, 0.3) is 76.2 Å². The molecule has 0 amide bonds. The molecule has 0 N–H and O–H groups in total. The molecule has 0 atom stereocenters. The highest BCUT2D eigenvalue weighted by Crippen LogP contribution is 2.52. The van der Waals surface area contributed by atoms with E-state index in [2.05, 4.69) is 0 Å². The maximum absolute atomic E-state index is 10.1. The molecule has 0 aliphatic rings. The van der Waals surface area contributed by atoms with E-state index in [-0.39, 0.29) is 58.7 Å². The number of benzene rings is 9. The van der Waals surface area contributed by atoms with Crippen molar-refractivity contribution in [2.45, 2.75) is 52.4 Å². The third-order valence-electron chi connectivity index (χ3n) is 12.9. The molecule has 4 nitrogen and oxygen atoms in total. The molecule has 66 heavy (non-hydrogen) atoms. The van der Waals surface area contributed by atoms with Crippen molar-refractivity contribution in [1.82, 2.24) is 8.80 Å². The molecule has 0 saturated heterocycles. The normalized spacial score (nSPS) is 16.1. The van der Waals surface area contributed by atoms with Crippen LogP contribution in [-0.2, 0) is 10.8 Å². The van der Waals surface area contributed by atoms with E-state index < -0.39 is 71.3 Å². The molecule has 0 saturated carbocycles. The number of anilines is 6. The average molecular weight is 867 g/mol. The van der Waals surface area contributed by atoms with E-state index in [0.717, 1.165) is 0 Å². The Morgan fingerprint density at radius 1 is 0.379 bits per heavy atom. The molecule has 318 valence electrons. The van der Waals surface area contributed by atoms with E-state index in [4.69, 9.17) is 8.22 Å². The van der Waals surface area contributed by atoms with Crippen LogP contribution in [0.2, 0.25) is 0 Å². The Labute approximate surface area is 407 Å². The van der Waals surface area contributed by atoms with Crippen molar-refractivity contribution in [3.8, 4) is 0 Å². The second kappa shape index (κ2) is 13.8. The number of hydrogen-bond donors (Lipinski definition) is 0. The largest absolute Gasteiger partial charge is 0.310 e. The topological polar surface area (TPSA) is 15.3 Å². The first-order valence-corrected chi connectivity index (χ1v) is 22.0. The summed E-state index contributed by atoms with van der Waals surface area (Å²) in [6.45, 7) is 11.3. The summed E-state index contributed by atoms with van der Waals surface area (Å²) in [6.07, 6.45) is 0.